The minimum Gasteiger partial charge on any atom is -0.364 e. The number of aromatic nitrogens is 2. The highest BCUT2D eigenvalue weighted by Crippen LogP contribution is 2.35. The summed E-state index contributed by atoms with van der Waals surface area (Å²) < 4.78 is 42.2. The average molecular weight is 435 g/mol. The number of hydrogen-bond acceptors (Lipinski definition) is 6. The third kappa shape index (κ3) is 4.31. The van der Waals surface area contributed by atoms with E-state index in [9.17, 15) is 18.4 Å². The summed E-state index contributed by atoms with van der Waals surface area (Å²) in [5, 5.41) is 1.04. The van der Waals surface area contributed by atoms with Gasteiger partial charge in [-0.25, -0.2) is 28.2 Å². The van der Waals surface area contributed by atoms with Gasteiger partial charge in [0.15, 0.2) is 0 Å². The molecule has 1 aromatic heterocycles. The molecule has 3 atom stereocenters. The molecule has 0 saturated carbocycles. The summed E-state index contributed by atoms with van der Waals surface area (Å²) in [6, 6.07) is 3.71. The number of carbonyl (C=O) groups is 2. The van der Waals surface area contributed by atoms with Crippen LogP contribution in [0, 0.1) is 17.6 Å². The Morgan fingerprint density at radius 1 is 1.10 bits per heavy atom. The van der Waals surface area contributed by atoms with Gasteiger partial charge in [-0.2, -0.15) is 0 Å². The van der Waals surface area contributed by atoms with Crippen LogP contribution in [0.15, 0.2) is 30.6 Å². The first-order valence-electron chi connectivity index (χ1n) is 9.76. The second-order valence-corrected chi connectivity index (χ2v) is 7.49. The first-order chi connectivity index (χ1) is 14.8. The third-order valence-corrected chi connectivity index (χ3v) is 5.48. The number of carbonyl (C=O) groups excluding carboxylic acids is 2. The summed E-state index contributed by atoms with van der Waals surface area (Å²) in [4.78, 5) is 39.1. The van der Waals surface area contributed by atoms with Gasteiger partial charge in [0.1, 0.15) is 35.6 Å². The van der Waals surface area contributed by atoms with Crippen LogP contribution in [0.5, 0.6) is 0 Å². The number of anilines is 1. The normalized spacial score (nSPS) is 23.8. The van der Waals surface area contributed by atoms with Gasteiger partial charge in [0.25, 0.3) is 11.8 Å². The molecule has 1 aromatic carbocycles. The Hall–Kier alpha value is -3.21. The molecule has 0 aliphatic carbocycles. The number of primary amides is 1. The molecule has 11 heteroatoms. The Labute approximate surface area is 175 Å². The highest BCUT2D eigenvalue weighted by molar-refractivity contribution is 5.91. The van der Waals surface area contributed by atoms with Crippen molar-refractivity contribution in [1.29, 1.82) is 0 Å². The molecule has 2 fully saturated rings. The maximum absolute atomic E-state index is 15.0. The number of nitrogens with zero attached hydrogens (tertiary/aromatic N) is 4. The van der Waals surface area contributed by atoms with Crippen molar-refractivity contribution < 1.29 is 27.6 Å². The Bertz CT molecular complexity index is 988. The molecule has 2 saturated heterocycles. The van der Waals surface area contributed by atoms with Crippen molar-refractivity contribution in [1.82, 2.24) is 15.0 Å². The number of hydrogen-bond donors (Lipinski definition) is 1. The van der Waals surface area contributed by atoms with Gasteiger partial charge in [0.05, 0.1) is 25.1 Å². The van der Waals surface area contributed by atoms with Crippen molar-refractivity contribution in [3.05, 3.63) is 53.5 Å². The van der Waals surface area contributed by atoms with Gasteiger partial charge in [0.2, 0.25) is 0 Å². The van der Waals surface area contributed by atoms with Crippen LogP contribution in [0.25, 0.3) is 0 Å². The van der Waals surface area contributed by atoms with Crippen molar-refractivity contribution in [2.45, 2.75) is 25.1 Å². The van der Waals surface area contributed by atoms with Gasteiger partial charge in [-0.05, 0) is 24.1 Å². The number of piperidine rings is 1. The van der Waals surface area contributed by atoms with E-state index < -0.39 is 41.6 Å². The second-order valence-electron chi connectivity index (χ2n) is 7.49. The highest BCUT2D eigenvalue weighted by atomic mass is 19.1. The molecule has 2 amide bonds. The van der Waals surface area contributed by atoms with Gasteiger partial charge < -0.3 is 10.6 Å². The smallest absolute Gasteiger partial charge is 0.267 e. The standard InChI is InChI=1S/C20H20F3N5O3/c21-12-5-11(6-13(22)7-12)17-2-4-31-28(17)20(30)14-1-3-27(9-15(14)23)18-8-16(19(24)29)25-10-26-18/h5-8,10,14-15,17H,1-4,9H2,(H2,24,29)/t14-,15+,17-/m0/s1. The van der Waals surface area contributed by atoms with E-state index in [1.165, 1.54) is 12.4 Å². The molecule has 8 nitrogen and oxygen atoms in total. The summed E-state index contributed by atoms with van der Waals surface area (Å²) >= 11 is 0. The predicted octanol–water partition coefficient (Wildman–Crippen LogP) is 1.92. The third-order valence-electron chi connectivity index (χ3n) is 5.48. The van der Waals surface area contributed by atoms with Gasteiger partial charge in [0, 0.05) is 25.1 Å². The van der Waals surface area contributed by atoms with Crippen LogP contribution in [0.1, 0.15) is 34.9 Å². The molecular formula is C20H20F3N5O3. The molecule has 0 unspecified atom stereocenters. The van der Waals surface area contributed by atoms with Crippen molar-refractivity contribution in [3.63, 3.8) is 0 Å². The first kappa shape index (κ1) is 21.0. The zero-order valence-electron chi connectivity index (χ0n) is 16.4. The lowest BCUT2D eigenvalue weighted by Gasteiger charge is -2.36. The van der Waals surface area contributed by atoms with Gasteiger partial charge >= 0.3 is 0 Å². The second kappa shape index (κ2) is 8.50. The molecule has 0 bridgehead atoms. The average Bonchev–Trinajstić information content (AvgIpc) is 3.22. The van der Waals surface area contributed by atoms with Crippen molar-refractivity contribution in [2.24, 2.45) is 11.7 Å². The molecule has 0 radical (unpaired) electrons. The lowest BCUT2D eigenvalue weighted by Crippen LogP contribution is -2.49. The summed E-state index contributed by atoms with van der Waals surface area (Å²) in [7, 11) is 0. The number of alkyl halides is 1. The van der Waals surface area contributed by atoms with E-state index in [1.807, 2.05) is 0 Å². The SMILES string of the molecule is NC(=O)c1cc(N2CC[C@H](C(=O)N3OCC[C@H]3c3cc(F)cc(F)c3)[C@H](F)C2)ncn1. The van der Waals surface area contributed by atoms with Crippen LogP contribution in [0.4, 0.5) is 19.0 Å². The summed E-state index contributed by atoms with van der Waals surface area (Å²) in [5.41, 5.74) is 5.49. The number of halogens is 3. The van der Waals surface area contributed by atoms with Gasteiger partial charge in [-0.3, -0.25) is 14.4 Å². The van der Waals surface area contributed by atoms with Crippen LogP contribution in [0.2, 0.25) is 0 Å². The van der Waals surface area contributed by atoms with Crippen LogP contribution in [0.3, 0.4) is 0 Å². The lowest BCUT2D eigenvalue weighted by molar-refractivity contribution is -0.184. The van der Waals surface area contributed by atoms with Crippen molar-refractivity contribution >= 4 is 17.6 Å². The number of nitrogens with two attached hydrogens (primary N) is 1. The Morgan fingerprint density at radius 3 is 2.52 bits per heavy atom. The Balaban J connectivity index is 1.47. The molecular weight excluding hydrogens is 415 g/mol. The largest absolute Gasteiger partial charge is 0.364 e. The number of rotatable bonds is 4. The fourth-order valence-corrected chi connectivity index (χ4v) is 3.97. The summed E-state index contributed by atoms with van der Waals surface area (Å²) in [6.45, 7) is 0.360. The van der Waals surface area contributed by atoms with E-state index in [0.717, 1.165) is 23.3 Å². The van der Waals surface area contributed by atoms with Crippen LogP contribution in [-0.2, 0) is 9.63 Å². The van der Waals surface area contributed by atoms with E-state index in [-0.39, 0.29) is 30.8 Å². The lowest BCUT2D eigenvalue weighted by atomic mass is 9.92. The van der Waals surface area contributed by atoms with Gasteiger partial charge in [-0.15, -0.1) is 0 Å². The molecule has 4 rings (SSSR count). The molecule has 2 aliphatic heterocycles. The van der Waals surface area contributed by atoms with Crippen LogP contribution in [-0.4, -0.2) is 52.7 Å². The molecule has 3 heterocycles. The maximum Gasteiger partial charge on any atom is 0.267 e. The summed E-state index contributed by atoms with van der Waals surface area (Å²) in [5.74, 6) is -3.45. The molecule has 2 N–H and O–H groups in total. The van der Waals surface area contributed by atoms with Crippen LogP contribution < -0.4 is 10.6 Å². The fourth-order valence-electron chi connectivity index (χ4n) is 3.97. The molecule has 164 valence electrons. The van der Waals surface area contributed by atoms with Crippen molar-refractivity contribution in [2.75, 3.05) is 24.6 Å². The van der Waals surface area contributed by atoms with E-state index >= 15 is 4.39 Å². The minimum atomic E-state index is -1.54. The first-order valence-corrected chi connectivity index (χ1v) is 9.76. The predicted molar refractivity (Wildman–Crippen MR) is 102 cm³/mol. The Morgan fingerprint density at radius 2 is 1.84 bits per heavy atom. The minimum absolute atomic E-state index is 0.00856. The number of hydroxylamine groups is 2. The topological polar surface area (TPSA) is 102 Å². The van der Waals surface area contributed by atoms with E-state index in [4.69, 9.17) is 10.6 Å². The zero-order valence-corrected chi connectivity index (χ0v) is 16.4. The van der Waals surface area contributed by atoms with Gasteiger partial charge in [-0.1, -0.05) is 0 Å². The molecule has 2 aromatic rings. The fraction of sp³-hybridized carbons (Fsp3) is 0.400. The number of benzene rings is 1. The zero-order chi connectivity index (χ0) is 22.1. The van der Waals surface area contributed by atoms with E-state index in [2.05, 4.69) is 9.97 Å². The van der Waals surface area contributed by atoms with Crippen molar-refractivity contribution in [3.8, 4) is 0 Å². The quantitative estimate of drug-likeness (QED) is 0.788. The Kier molecular flexibility index (Phi) is 5.77. The monoisotopic (exact) mass is 435 g/mol. The molecule has 0 spiro atoms. The maximum atomic E-state index is 15.0. The van der Waals surface area contributed by atoms with E-state index in [0.29, 0.717) is 18.8 Å². The number of amides is 2. The molecule has 2 aliphatic rings. The molecule has 31 heavy (non-hydrogen) atoms. The highest BCUT2D eigenvalue weighted by Gasteiger charge is 2.42. The van der Waals surface area contributed by atoms with Crippen LogP contribution >= 0.6 is 0 Å². The summed E-state index contributed by atoms with van der Waals surface area (Å²) in [6.07, 6.45) is 0.143. The van der Waals surface area contributed by atoms with E-state index in [1.54, 1.807) is 4.90 Å².